The van der Waals surface area contributed by atoms with Gasteiger partial charge >= 0.3 is 11.9 Å². The van der Waals surface area contributed by atoms with Crippen LogP contribution in [0, 0.1) is 0 Å². The second kappa shape index (κ2) is 6.82. The maximum Gasteiger partial charge on any atom is 0.338 e. The standard InChI is InChI=1S/C10H8S2.C4H2O3/c1-3-9(11-7-1)5-6-10-4-2-8-12-10;5-3-1-2-4(6)7-3/h1-8H;1-2H. The molecule has 0 N–H and O–H groups in total. The largest absolute Gasteiger partial charge is 0.387 e. The summed E-state index contributed by atoms with van der Waals surface area (Å²) in [5.41, 5.74) is 0. The van der Waals surface area contributed by atoms with Crippen LogP contribution in [-0.2, 0) is 14.3 Å². The number of ether oxygens (including phenoxy) is 1. The van der Waals surface area contributed by atoms with E-state index in [1.807, 2.05) is 0 Å². The van der Waals surface area contributed by atoms with Crippen LogP contribution in [0.3, 0.4) is 0 Å². The van der Waals surface area contributed by atoms with Crippen LogP contribution in [0.15, 0.2) is 47.2 Å². The molecule has 2 aromatic heterocycles. The highest BCUT2D eigenvalue weighted by molar-refractivity contribution is 7.11. The van der Waals surface area contributed by atoms with Crippen LogP contribution < -0.4 is 0 Å². The summed E-state index contributed by atoms with van der Waals surface area (Å²) < 4.78 is 3.97. The van der Waals surface area contributed by atoms with Gasteiger partial charge in [0.25, 0.3) is 0 Å². The van der Waals surface area contributed by atoms with Crippen LogP contribution in [0.2, 0.25) is 0 Å². The summed E-state index contributed by atoms with van der Waals surface area (Å²) in [7, 11) is 0. The van der Waals surface area contributed by atoms with E-state index in [4.69, 9.17) is 0 Å². The average Bonchev–Trinajstić information content (AvgIpc) is 3.10. The fraction of sp³-hybridized carbons (Fsp3) is 0. The molecule has 1 aliphatic rings. The third-order valence-electron chi connectivity index (χ3n) is 2.05. The zero-order valence-corrected chi connectivity index (χ0v) is 11.4. The predicted octanol–water partition coefficient (Wildman–Crippen LogP) is 3.61. The van der Waals surface area contributed by atoms with Gasteiger partial charge in [0, 0.05) is 21.9 Å². The summed E-state index contributed by atoms with van der Waals surface area (Å²) in [5.74, 6) is -1.16. The van der Waals surface area contributed by atoms with E-state index in [1.54, 1.807) is 22.7 Å². The highest BCUT2D eigenvalue weighted by atomic mass is 32.1. The van der Waals surface area contributed by atoms with Crippen molar-refractivity contribution >= 4 is 46.8 Å². The number of thiophene rings is 2. The van der Waals surface area contributed by atoms with Gasteiger partial charge in [-0.2, -0.15) is 0 Å². The second-order valence-electron chi connectivity index (χ2n) is 3.44. The molecule has 3 heterocycles. The Kier molecular flexibility index (Phi) is 4.83. The predicted molar refractivity (Wildman–Crippen MR) is 77.8 cm³/mol. The van der Waals surface area contributed by atoms with Gasteiger partial charge in [0.1, 0.15) is 0 Å². The third-order valence-corrected chi connectivity index (χ3v) is 3.73. The summed E-state index contributed by atoms with van der Waals surface area (Å²) in [6, 6.07) is 8.38. The quantitative estimate of drug-likeness (QED) is 0.627. The van der Waals surface area contributed by atoms with E-state index in [0.29, 0.717) is 0 Å². The Morgan fingerprint density at radius 3 is 1.58 bits per heavy atom. The SMILES string of the molecule is C(=Cc1cccs1)c1cccs1.O=C1C=CC(=O)O1. The van der Waals surface area contributed by atoms with Crippen LogP contribution in [-0.4, -0.2) is 11.9 Å². The lowest BCUT2D eigenvalue weighted by molar-refractivity contribution is -0.150. The first-order valence-corrected chi connectivity index (χ1v) is 7.19. The van der Waals surface area contributed by atoms with Gasteiger partial charge in [-0.05, 0) is 35.0 Å². The molecule has 96 valence electrons. The Morgan fingerprint density at radius 2 is 1.32 bits per heavy atom. The molecular weight excluding hydrogens is 280 g/mol. The summed E-state index contributed by atoms with van der Waals surface area (Å²) in [4.78, 5) is 22.5. The van der Waals surface area contributed by atoms with Crippen molar-refractivity contribution in [1.82, 2.24) is 0 Å². The summed E-state index contributed by atoms with van der Waals surface area (Å²) in [6.07, 6.45) is 6.47. The Hall–Kier alpha value is -1.98. The molecule has 0 unspecified atom stereocenters. The highest BCUT2D eigenvalue weighted by Gasteiger charge is 2.10. The van der Waals surface area contributed by atoms with E-state index in [1.165, 1.54) is 9.75 Å². The number of carbonyl (C=O) groups is 2. The number of carbonyl (C=O) groups excluding carboxylic acids is 2. The fourth-order valence-electron chi connectivity index (χ4n) is 1.24. The van der Waals surface area contributed by atoms with Gasteiger partial charge in [0.2, 0.25) is 0 Å². The number of cyclic esters (lactones) is 2. The molecule has 0 amide bonds. The van der Waals surface area contributed by atoms with Crippen molar-refractivity contribution in [1.29, 1.82) is 0 Å². The molecular formula is C14H10O3S2. The van der Waals surface area contributed by atoms with Crippen LogP contribution in [0.1, 0.15) is 9.75 Å². The van der Waals surface area contributed by atoms with Gasteiger partial charge in [0.15, 0.2) is 0 Å². The Labute approximate surface area is 118 Å². The van der Waals surface area contributed by atoms with Gasteiger partial charge in [-0.1, -0.05) is 12.1 Å². The van der Waals surface area contributed by atoms with Crippen molar-refractivity contribution in [2.75, 3.05) is 0 Å². The molecule has 19 heavy (non-hydrogen) atoms. The maximum absolute atomic E-state index is 9.92. The number of esters is 2. The average molecular weight is 290 g/mol. The Balaban J connectivity index is 0.000000163. The molecule has 0 saturated carbocycles. The van der Waals surface area contributed by atoms with E-state index >= 15 is 0 Å². The zero-order valence-electron chi connectivity index (χ0n) is 9.81. The third kappa shape index (κ3) is 4.65. The van der Waals surface area contributed by atoms with Gasteiger partial charge < -0.3 is 4.74 Å². The molecule has 3 rings (SSSR count). The van der Waals surface area contributed by atoms with Crippen molar-refractivity contribution in [3.8, 4) is 0 Å². The van der Waals surface area contributed by atoms with E-state index in [-0.39, 0.29) is 0 Å². The molecule has 1 aliphatic heterocycles. The molecule has 5 heteroatoms. The lowest BCUT2D eigenvalue weighted by Gasteiger charge is -1.82. The van der Waals surface area contributed by atoms with Crippen LogP contribution in [0.4, 0.5) is 0 Å². The number of rotatable bonds is 2. The van der Waals surface area contributed by atoms with Gasteiger partial charge in [-0.3, -0.25) is 0 Å². The molecule has 0 atom stereocenters. The monoisotopic (exact) mass is 290 g/mol. The summed E-state index contributed by atoms with van der Waals surface area (Å²) in [6.45, 7) is 0. The minimum Gasteiger partial charge on any atom is -0.387 e. The number of hydrogen-bond acceptors (Lipinski definition) is 5. The minimum absolute atomic E-state index is 0.579. The molecule has 3 nitrogen and oxygen atoms in total. The Bertz CT molecular complexity index is 540. The first-order valence-electron chi connectivity index (χ1n) is 5.43. The van der Waals surface area contributed by atoms with Crippen molar-refractivity contribution in [2.45, 2.75) is 0 Å². The van der Waals surface area contributed by atoms with Crippen LogP contribution >= 0.6 is 22.7 Å². The molecule has 2 aromatic rings. The molecule has 0 aliphatic carbocycles. The van der Waals surface area contributed by atoms with Gasteiger partial charge in [-0.25, -0.2) is 9.59 Å². The normalized spacial score (nSPS) is 13.5. The first-order chi connectivity index (χ1) is 9.24. The first kappa shape index (κ1) is 13.5. The molecule has 0 aromatic carbocycles. The summed E-state index contributed by atoms with van der Waals surface area (Å²) in [5, 5.41) is 4.18. The topological polar surface area (TPSA) is 43.4 Å². The van der Waals surface area contributed by atoms with Crippen molar-refractivity contribution in [3.05, 3.63) is 56.9 Å². The lowest BCUT2D eigenvalue weighted by atomic mass is 10.4. The molecule has 0 radical (unpaired) electrons. The van der Waals surface area contributed by atoms with E-state index in [0.717, 1.165) is 12.2 Å². The number of hydrogen-bond donors (Lipinski definition) is 0. The zero-order chi connectivity index (χ0) is 13.5. The van der Waals surface area contributed by atoms with Crippen molar-refractivity contribution in [3.63, 3.8) is 0 Å². The highest BCUT2D eigenvalue weighted by Crippen LogP contribution is 2.15. The summed E-state index contributed by atoms with van der Waals surface area (Å²) >= 11 is 3.53. The van der Waals surface area contributed by atoms with Crippen molar-refractivity contribution in [2.24, 2.45) is 0 Å². The van der Waals surface area contributed by atoms with Gasteiger partial charge in [-0.15, -0.1) is 22.7 Å². The molecule has 0 fully saturated rings. The molecule has 0 saturated heterocycles. The lowest BCUT2D eigenvalue weighted by Crippen LogP contribution is -1.96. The fourth-order valence-corrected chi connectivity index (χ4v) is 2.48. The smallest absolute Gasteiger partial charge is 0.338 e. The Morgan fingerprint density at radius 1 is 0.842 bits per heavy atom. The van der Waals surface area contributed by atoms with Crippen LogP contribution in [0.5, 0.6) is 0 Å². The van der Waals surface area contributed by atoms with E-state index in [2.05, 4.69) is 51.9 Å². The second-order valence-corrected chi connectivity index (χ2v) is 5.40. The molecule has 0 bridgehead atoms. The molecule has 0 spiro atoms. The van der Waals surface area contributed by atoms with Crippen molar-refractivity contribution < 1.29 is 14.3 Å². The van der Waals surface area contributed by atoms with E-state index in [9.17, 15) is 9.59 Å². The van der Waals surface area contributed by atoms with Crippen LogP contribution in [0.25, 0.3) is 12.2 Å². The maximum atomic E-state index is 9.92. The van der Waals surface area contributed by atoms with Gasteiger partial charge in [0.05, 0.1) is 0 Å². The van der Waals surface area contributed by atoms with E-state index < -0.39 is 11.9 Å². The minimum atomic E-state index is -0.579.